The maximum Gasteiger partial charge on any atom is 0.138 e. The summed E-state index contributed by atoms with van der Waals surface area (Å²) in [7, 11) is 0. The maximum absolute atomic E-state index is 12.8. The van der Waals surface area contributed by atoms with Gasteiger partial charge in [0.2, 0.25) is 0 Å². The van der Waals surface area contributed by atoms with Gasteiger partial charge in [-0.2, -0.15) is 0 Å². The second kappa shape index (κ2) is 8.42. The van der Waals surface area contributed by atoms with Crippen LogP contribution in [0.2, 0.25) is 0 Å². The molecule has 0 bridgehead atoms. The molecule has 0 radical (unpaired) electrons. The first kappa shape index (κ1) is 26.4. The molecule has 9 atom stereocenters. The zero-order valence-electron chi connectivity index (χ0n) is 22.8. The Bertz CT molecular complexity index is 843. The van der Waals surface area contributed by atoms with Crippen molar-refractivity contribution >= 4 is 5.78 Å². The van der Waals surface area contributed by atoms with Gasteiger partial charge in [-0.3, -0.25) is 4.79 Å². The highest BCUT2D eigenvalue weighted by Crippen LogP contribution is 2.73. The van der Waals surface area contributed by atoms with Crippen molar-refractivity contribution in [1.29, 1.82) is 0 Å². The van der Waals surface area contributed by atoms with Crippen LogP contribution in [0.1, 0.15) is 106 Å². The minimum Gasteiger partial charge on any atom is -0.393 e. The Morgan fingerprint density at radius 2 is 1.76 bits per heavy atom. The van der Waals surface area contributed by atoms with Crippen molar-refractivity contribution in [2.45, 2.75) is 118 Å². The van der Waals surface area contributed by atoms with E-state index >= 15 is 0 Å². The molecule has 4 heteroatoms. The molecule has 4 aliphatic carbocycles. The molecule has 0 unspecified atom stereocenters. The van der Waals surface area contributed by atoms with Crippen molar-refractivity contribution in [2.24, 2.45) is 45.3 Å². The third-order valence-corrected chi connectivity index (χ3v) is 12.3. The third-order valence-electron chi connectivity index (χ3n) is 12.3. The molecular weight excluding hydrogens is 424 g/mol. The van der Waals surface area contributed by atoms with E-state index in [1.807, 2.05) is 0 Å². The predicted octanol–water partition coefficient (Wildman–Crippen LogP) is 5.68. The molecule has 34 heavy (non-hydrogen) atoms. The molecule has 3 saturated carbocycles. The van der Waals surface area contributed by atoms with Crippen LogP contribution >= 0.6 is 0 Å². The number of aliphatic hydroxyl groups excluding tert-OH is 2. The van der Waals surface area contributed by atoms with Gasteiger partial charge in [0.05, 0.1) is 12.7 Å². The van der Waals surface area contributed by atoms with E-state index in [1.54, 1.807) is 5.57 Å². The lowest BCUT2D eigenvalue weighted by molar-refractivity contribution is -0.146. The second-order valence-electron chi connectivity index (χ2n) is 14.2. The van der Waals surface area contributed by atoms with E-state index in [1.165, 1.54) is 32.6 Å². The van der Waals surface area contributed by atoms with Crippen LogP contribution in [0.4, 0.5) is 0 Å². The smallest absolute Gasteiger partial charge is 0.138 e. The maximum atomic E-state index is 12.8. The van der Waals surface area contributed by atoms with E-state index in [2.05, 4.69) is 47.6 Å². The molecule has 4 nitrogen and oxygen atoms in total. The van der Waals surface area contributed by atoms with Crippen LogP contribution in [0.25, 0.3) is 0 Å². The molecule has 0 spiro atoms. The minimum absolute atomic E-state index is 0.198. The van der Waals surface area contributed by atoms with Crippen molar-refractivity contribution in [2.75, 3.05) is 6.61 Å². The average Bonchev–Trinajstić information content (AvgIpc) is 3.06. The number of hydrogen-bond acceptors (Lipinski definition) is 4. The lowest BCUT2D eigenvalue weighted by Gasteiger charge is -2.63. The summed E-state index contributed by atoms with van der Waals surface area (Å²) >= 11 is 0. The van der Waals surface area contributed by atoms with Crippen LogP contribution in [0, 0.1) is 45.3 Å². The Morgan fingerprint density at radius 1 is 1.09 bits per heavy atom. The summed E-state index contributed by atoms with van der Waals surface area (Å²) in [5.74, 6) is 2.55. The molecule has 0 aromatic carbocycles. The van der Waals surface area contributed by atoms with Gasteiger partial charge in [0.15, 0.2) is 0 Å². The zero-order chi connectivity index (χ0) is 25.3. The standard InChI is InChI=1S/C30H50O4/c1-19(8-11-25(33)30(7,34)18-31)20-12-16-29(6)22-9-10-23-26(2,3)24(32)14-15-27(23,4)21(22)13-17-28(20,29)5/h9,19-21,23,25,31,33-34H,8,10-18H2,1-7H3/t19-,20-,21-,23+,25+,27-,28-,29+,30+/m1/s1. The van der Waals surface area contributed by atoms with Gasteiger partial charge in [-0.25, -0.2) is 0 Å². The number of ketones is 1. The average molecular weight is 475 g/mol. The summed E-state index contributed by atoms with van der Waals surface area (Å²) in [6.45, 7) is 15.4. The highest BCUT2D eigenvalue weighted by atomic mass is 16.4. The molecule has 3 fully saturated rings. The van der Waals surface area contributed by atoms with Gasteiger partial charge in [-0.05, 0) is 98.2 Å². The predicted molar refractivity (Wildman–Crippen MR) is 136 cm³/mol. The molecule has 0 saturated heterocycles. The molecule has 0 heterocycles. The first-order chi connectivity index (χ1) is 15.6. The summed E-state index contributed by atoms with van der Waals surface area (Å²) in [4.78, 5) is 12.8. The van der Waals surface area contributed by atoms with Crippen LogP contribution in [-0.4, -0.2) is 39.4 Å². The largest absolute Gasteiger partial charge is 0.393 e. The highest BCUT2D eigenvalue weighted by Gasteiger charge is 2.65. The van der Waals surface area contributed by atoms with Crippen LogP contribution in [0.15, 0.2) is 11.6 Å². The van der Waals surface area contributed by atoms with Gasteiger partial charge in [-0.1, -0.05) is 53.2 Å². The van der Waals surface area contributed by atoms with Crippen LogP contribution in [0.3, 0.4) is 0 Å². The summed E-state index contributed by atoms with van der Waals surface area (Å²) in [6.07, 6.45) is 10.8. The number of carbonyl (C=O) groups excluding carboxylic acids is 1. The number of rotatable bonds is 6. The Morgan fingerprint density at radius 3 is 2.41 bits per heavy atom. The SMILES string of the molecule is C[C@H](CC[C@H](O)[C@@](C)(O)CO)[C@H]1CC[C@@]2(C)C3=CC[C@H]4C(C)(C)C(=O)CC[C@]4(C)[C@@H]3CC[C@]12C. The number of fused-ring (bicyclic) bond motifs is 5. The highest BCUT2D eigenvalue weighted by molar-refractivity contribution is 5.85. The van der Waals surface area contributed by atoms with Crippen LogP contribution in [-0.2, 0) is 4.79 Å². The first-order valence-electron chi connectivity index (χ1n) is 13.9. The fraction of sp³-hybridized carbons (Fsp3) is 0.900. The number of Topliss-reactive ketones (excluding diaryl/α,β-unsaturated/α-hetero) is 1. The van der Waals surface area contributed by atoms with Crippen LogP contribution < -0.4 is 0 Å². The van der Waals surface area contributed by atoms with Crippen molar-refractivity contribution in [3.8, 4) is 0 Å². The van der Waals surface area contributed by atoms with E-state index in [0.717, 1.165) is 25.7 Å². The fourth-order valence-corrected chi connectivity index (χ4v) is 9.50. The summed E-state index contributed by atoms with van der Waals surface area (Å²) in [5.41, 5.74) is 0.699. The van der Waals surface area contributed by atoms with E-state index in [-0.39, 0.29) is 21.7 Å². The van der Waals surface area contributed by atoms with Gasteiger partial charge < -0.3 is 15.3 Å². The van der Waals surface area contributed by atoms with Crippen molar-refractivity contribution in [1.82, 2.24) is 0 Å². The minimum atomic E-state index is -1.43. The summed E-state index contributed by atoms with van der Waals surface area (Å²) < 4.78 is 0. The monoisotopic (exact) mass is 474 g/mol. The summed E-state index contributed by atoms with van der Waals surface area (Å²) in [6, 6.07) is 0. The lowest BCUT2D eigenvalue weighted by atomic mass is 9.41. The van der Waals surface area contributed by atoms with Gasteiger partial charge in [-0.15, -0.1) is 0 Å². The van der Waals surface area contributed by atoms with E-state index in [9.17, 15) is 20.1 Å². The van der Waals surface area contributed by atoms with Crippen molar-refractivity contribution in [3.05, 3.63) is 11.6 Å². The van der Waals surface area contributed by atoms with Gasteiger partial charge in [0.25, 0.3) is 0 Å². The topological polar surface area (TPSA) is 77.8 Å². The molecular formula is C30H50O4. The fourth-order valence-electron chi connectivity index (χ4n) is 9.50. The van der Waals surface area contributed by atoms with E-state index in [0.29, 0.717) is 35.9 Å². The zero-order valence-corrected chi connectivity index (χ0v) is 22.8. The number of hydrogen-bond donors (Lipinski definition) is 3. The quantitative estimate of drug-likeness (QED) is 0.433. The Kier molecular flexibility index (Phi) is 6.52. The number of carbonyl (C=O) groups is 1. The first-order valence-corrected chi connectivity index (χ1v) is 13.9. The Hall–Kier alpha value is -0.710. The Labute approximate surface area is 207 Å². The lowest BCUT2D eigenvalue weighted by Crippen LogP contribution is -2.57. The third kappa shape index (κ3) is 3.60. The van der Waals surface area contributed by atoms with Crippen LogP contribution in [0.5, 0.6) is 0 Å². The molecule has 0 aromatic rings. The van der Waals surface area contributed by atoms with Gasteiger partial charge in [0.1, 0.15) is 11.4 Å². The number of aliphatic hydroxyl groups is 3. The van der Waals surface area contributed by atoms with Gasteiger partial charge >= 0.3 is 0 Å². The molecule has 0 aliphatic heterocycles. The molecule has 0 aromatic heterocycles. The molecule has 4 aliphatic rings. The molecule has 0 amide bonds. The number of allylic oxidation sites excluding steroid dienone is 2. The molecule has 194 valence electrons. The van der Waals surface area contributed by atoms with E-state index < -0.39 is 18.3 Å². The normalized spacial score (nSPS) is 44.8. The molecule has 3 N–H and O–H groups in total. The van der Waals surface area contributed by atoms with Gasteiger partial charge in [0, 0.05) is 11.8 Å². The molecule has 4 rings (SSSR count). The second-order valence-corrected chi connectivity index (χ2v) is 14.2. The van der Waals surface area contributed by atoms with Crippen molar-refractivity contribution < 1.29 is 20.1 Å². The van der Waals surface area contributed by atoms with Crippen molar-refractivity contribution in [3.63, 3.8) is 0 Å². The van der Waals surface area contributed by atoms with E-state index in [4.69, 9.17) is 0 Å². The Balaban J connectivity index is 1.57. The summed E-state index contributed by atoms with van der Waals surface area (Å²) in [5, 5.41) is 30.0.